The summed E-state index contributed by atoms with van der Waals surface area (Å²) in [5.74, 6) is -0.106. The van der Waals surface area contributed by atoms with Crippen molar-refractivity contribution in [1.29, 1.82) is 0 Å². The molecule has 1 N–H and O–H groups in total. The molecule has 0 aliphatic rings. The zero-order valence-electron chi connectivity index (χ0n) is 9.31. The van der Waals surface area contributed by atoms with Gasteiger partial charge in [-0.05, 0) is 12.0 Å². The summed E-state index contributed by atoms with van der Waals surface area (Å²) in [7, 11) is 0. The number of benzene rings is 1. The second-order valence-corrected chi connectivity index (χ2v) is 3.92. The summed E-state index contributed by atoms with van der Waals surface area (Å²) in [6, 6.07) is 9.60. The van der Waals surface area contributed by atoms with E-state index in [9.17, 15) is 9.90 Å². The second kappa shape index (κ2) is 5.66. The first-order valence-corrected chi connectivity index (χ1v) is 5.40. The van der Waals surface area contributed by atoms with E-state index in [-0.39, 0.29) is 11.7 Å². The summed E-state index contributed by atoms with van der Waals surface area (Å²) in [5.41, 5.74) is 1.00. The van der Waals surface area contributed by atoms with Gasteiger partial charge in [-0.2, -0.15) is 0 Å². The van der Waals surface area contributed by atoms with Crippen molar-refractivity contribution in [3.05, 3.63) is 35.9 Å². The normalized spacial score (nSPS) is 14.6. The Bertz CT molecular complexity index is 306. The van der Waals surface area contributed by atoms with Crippen molar-refractivity contribution in [1.82, 2.24) is 0 Å². The van der Waals surface area contributed by atoms with Gasteiger partial charge in [0, 0.05) is 12.3 Å². The molecule has 1 aromatic rings. The van der Waals surface area contributed by atoms with Crippen LogP contribution in [0.3, 0.4) is 0 Å². The van der Waals surface area contributed by atoms with Crippen molar-refractivity contribution >= 4 is 5.78 Å². The summed E-state index contributed by atoms with van der Waals surface area (Å²) < 4.78 is 0. The highest BCUT2D eigenvalue weighted by Crippen LogP contribution is 2.10. The Labute approximate surface area is 90.9 Å². The Morgan fingerprint density at radius 2 is 1.93 bits per heavy atom. The Morgan fingerprint density at radius 3 is 2.47 bits per heavy atom. The van der Waals surface area contributed by atoms with Crippen LogP contribution in [0.15, 0.2) is 30.3 Å². The predicted molar refractivity (Wildman–Crippen MR) is 60.6 cm³/mol. The lowest BCUT2D eigenvalue weighted by atomic mass is 9.95. The van der Waals surface area contributed by atoms with Crippen LogP contribution in [0.25, 0.3) is 0 Å². The summed E-state index contributed by atoms with van der Waals surface area (Å²) in [4.78, 5) is 11.6. The SMILES string of the molecule is CCC(C)C(=O)[C@H](O)Cc1ccccc1. The van der Waals surface area contributed by atoms with Crippen molar-refractivity contribution in [3.8, 4) is 0 Å². The molecule has 0 bridgehead atoms. The van der Waals surface area contributed by atoms with Crippen molar-refractivity contribution in [2.75, 3.05) is 0 Å². The Morgan fingerprint density at radius 1 is 1.33 bits per heavy atom. The van der Waals surface area contributed by atoms with Gasteiger partial charge in [-0.3, -0.25) is 4.79 Å². The largest absolute Gasteiger partial charge is 0.385 e. The van der Waals surface area contributed by atoms with Crippen LogP contribution in [-0.4, -0.2) is 17.0 Å². The minimum Gasteiger partial charge on any atom is -0.385 e. The Kier molecular flexibility index (Phi) is 4.50. The van der Waals surface area contributed by atoms with E-state index in [1.54, 1.807) is 0 Å². The Hall–Kier alpha value is -1.15. The molecule has 1 aromatic carbocycles. The van der Waals surface area contributed by atoms with Crippen LogP contribution in [0.5, 0.6) is 0 Å². The number of carbonyl (C=O) groups is 1. The van der Waals surface area contributed by atoms with Crippen LogP contribution in [0.4, 0.5) is 0 Å². The van der Waals surface area contributed by atoms with Gasteiger partial charge in [-0.25, -0.2) is 0 Å². The van der Waals surface area contributed by atoms with Crippen LogP contribution in [0.2, 0.25) is 0 Å². The molecule has 0 aliphatic heterocycles. The van der Waals surface area contributed by atoms with Crippen molar-refractivity contribution in [2.45, 2.75) is 32.8 Å². The van der Waals surface area contributed by atoms with E-state index >= 15 is 0 Å². The van der Waals surface area contributed by atoms with E-state index in [1.807, 2.05) is 44.2 Å². The van der Waals surface area contributed by atoms with E-state index in [4.69, 9.17) is 0 Å². The molecule has 0 aliphatic carbocycles. The van der Waals surface area contributed by atoms with Gasteiger partial charge >= 0.3 is 0 Å². The van der Waals surface area contributed by atoms with Gasteiger partial charge in [0.15, 0.2) is 5.78 Å². The molecule has 0 heterocycles. The standard InChI is InChI=1S/C13H18O2/c1-3-10(2)13(15)12(14)9-11-7-5-4-6-8-11/h4-8,10,12,14H,3,9H2,1-2H3/t10?,12-/m1/s1. The second-order valence-electron chi connectivity index (χ2n) is 3.92. The number of aliphatic hydroxyl groups excluding tert-OH is 1. The Balaban J connectivity index is 2.56. The van der Waals surface area contributed by atoms with Gasteiger partial charge in [0.2, 0.25) is 0 Å². The molecule has 0 amide bonds. The highest BCUT2D eigenvalue weighted by atomic mass is 16.3. The molecule has 2 heteroatoms. The fourth-order valence-electron chi connectivity index (χ4n) is 1.47. The van der Waals surface area contributed by atoms with Crippen molar-refractivity contribution in [2.24, 2.45) is 5.92 Å². The molecular formula is C13H18O2. The number of hydrogen-bond acceptors (Lipinski definition) is 2. The zero-order valence-corrected chi connectivity index (χ0v) is 9.31. The van der Waals surface area contributed by atoms with E-state index in [0.717, 1.165) is 12.0 Å². The zero-order chi connectivity index (χ0) is 11.3. The molecule has 0 spiro atoms. The summed E-state index contributed by atoms with van der Waals surface area (Å²) in [5, 5.41) is 9.72. The van der Waals surface area contributed by atoms with Gasteiger partial charge in [0.25, 0.3) is 0 Å². The van der Waals surface area contributed by atoms with Crippen LogP contribution in [0.1, 0.15) is 25.8 Å². The lowest BCUT2D eigenvalue weighted by Gasteiger charge is -2.13. The molecule has 15 heavy (non-hydrogen) atoms. The summed E-state index contributed by atoms with van der Waals surface area (Å²) >= 11 is 0. The number of hydrogen-bond donors (Lipinski definition) is 1. The minimum atomic E-state index is -0.859. The molecule has 0 radical (unpaired) electrons. The maximum absolute atomic E-state index is 11.6. The van der Waals surface area contributed by atoms with Crippen molar-refractivity contribution in [3.63, 3.8) is 0 Å². The number of Topliss-reactive ketones (excluding diaryl/α,β-unsaturated/α-hetero) is 1. The van der Waals surface area contributed by atoms with Crippen LogP contribution in [-0.2, 0) is 11.2 Å². The average Bonchev–Trinajstić information content (AvgIpc) is 2.28. The van der Waals surface area contributed by atoms with Crippen LogP contribution < -0.4 is 0 Å². The number of carbonyl (C=O) groups excluding carboxylic acids is 1. The summed E-state index contributed by atoms with van der Waals surface area (Å²) in [6.07, 6.45) is 0.344. The van der Waals surface area contributed by atoms with Gasteiger partial charge < -0.3 is 5.11 Å². The van der Waals surface area contributed by atoms with E-state index < -0.39 is 6.10 Å². The quantitative estimate of drug-likeness (QED) is 0.802. The van der Waals surface area contributed by atoms with Gasteiger partial charge in [0.05, 0.1) is 0 Å². The molecule has 1 rings (SSSR count). The first-order chi connectivity index (χ1) is 7.15. The fraction of sp³-hybridized carbons (Fsp3) is 0.462. The first kappa shape index (κ1) is 11.9. The number of rotatable bonds is 5. The average molecular weight is 206 g/mol. The van der Waals surface area contributed by atoms with Crippen molar-refractivity contribution < 1.29 is 9.90 Å². The van der Waals surface area contributed by atoms with Crippen LogP contribution >= 0.6 is 0 Å². The van der Waals surface area contributed by atoms with Gasteiger partial charge in [-0.15, -0.1) is 0 Å². The molecule has 82 valence electrons. The molecule has 1 unspecified atom stereocenters. The monoisotopic (exact) mass is 206 g/mol. The molecule has 0 fully saturated rings. The third-order valence-corrected chi connectivity index (χ3v) is 2.70. The molecule has 2 atom stereocenters. The predicted octanol–water partition coefficient (Wildman–Crippen LogP) is 2.21. The van der Waals surface area contributed by atoms with Gasteiger partial charge in [0.1, 0.15) is 6.10 Å². The third-order valence-electron chi connectivity index (χ3n) is 2.70. The smallest absolute Gasteiger partial charge is 0.164 e. The molecule has 0 saturated carbocycles. The van der Waals surface area contributed by atoms with E-state index in [2.05, 4.69) is 0 Å². The number of aliphatic hydroxyl groups is 1. The first-order valence-electron chi connectivity index (χ1n) is 5.40. The molecule has 2 nitrogen and oxygen atoms in total. The lowest BCUT2D eigenvalue weighted by Crippen LogP contribution is -2.28. The van der Waals surface area contributed by atoms with E-state index in [0.29, 0.717) is 6.42 Å². The lowest BCUT2D eigenvalue weighted by molar-refractivity contribution is -0.130. The van der Waals surface area contributed by atoms with Crippen LogP contribution in [0, 0.1) is 5.92 Å². The molecular weight excluding hydrogens is 188 g/mol. The fourth-order valence-corrected chi connectivity index (χ4v) is 1.47. The number of ketones is 1. The molecule has 0 saturated heterocycles. The minimum absolute atomic E-state index is 0.0521. The maximum atomic E-state index is 11.6. The van der Waals surface area contributed by atoms with Gasteiger partial charge in [-0.1, -0.05) is 44.2 Å². The highest BCUT2D eigenvalue weighted by Gasteiger charge is 2.20. The third kappa shape index (κ3) is 3.48. The highest BCUT2D eigenvalue weighted by molar-refractivity contribution is 5.85. The topological polar surface area (TPSA) is 37.3 Å². The summed E-state index contributed by atoms with van der Waals surface area (Å²) in [6.45, 7) is 3.81. The molecule has 0 aromatic heterocycles. The van der Waals surface area contributed by atoms with E-state index in [1.165, 1.54) is 0 Å². The maximum Gasteiger partial charge on any atom is 0.164 e.